The molecule has 0 spiro atoms. The molecule has 2 N–H and O–H groups in total. The topological polar surface area (TPSA) is 81.2 Å². The molecule has 0 saturated heterocycles. The summed E-state index contributed by atoms with van der Waals surface area (Å²) in [7, 11) is -0.355. The molecule has 0 radical (unpaired) electrons. The first-order chi connectivity index (χ1) is 9.73. The number of nitrogen functional groups attached to an aromatic ring is 1. The highest BCUT2D eigenvalue weighted by Gasteiger charge is 2.16. The van der Waals surface area contributed by atoms with Gasteiger partial charge in [-0.15, -0.1) is 0 Å². The molecule has 0 amide bonds. The SMILES string of the molecule is Cc1nn(Cc2ccc(S(=O)(=O)N(C)C)cc2)c(C)c1N. The van der Waals surface area contributed by atoms with E-state index in [2.05, 4.69) is 5.10 Å². The molecule has 0 aliphatic rings. The van der Waals surface area contributed by atoms with Crippen LogP contribution in [0.15, 0.2) is 29.2 Å². The Labute approximate surface area is 125 Å². The predicted octanol–water partition coefficient (Wildman–Crippen LogP) is 1.38. The fraction of sp³-hybridized carbons (Fsp3) is 0.357. The highest BCUT2D eigenvalue weighted by Crippen LogP contribution is 2.18. The van der Waals surface area contributed by atoms with Gasteiger partial charge in [0, 0.05) is 14.1 Å². The summed E-state index contributed by atoms with van der Waals surface area (Å²) in [6, 6.07) is 6.81. The second-order valence-electron chi connectivity index (χ2n) is 5.17. The van der Waals surface area contributed by atoms with Gasteiger partial charge in [-0.25, -0.2) is 12.7 Å². The first kappa shape index (κ1) is 15.5. The van der Waals surface area contributed by atoms with Gasteiger partial charge < -0.3 is 5.73 Å². The van der Waals surface area contributed by atoms with Crippen molar-refractivity contribution >= 4 is 15.7 Å². The van der Waals surface area contributed by atoms with Crippen LogP contribution in [0.4, 0.5) is 5.69 Å². The molecule has 6 nitrogen and oxygen atoms in total. The van der Waals surface area contributed by atoms with E-state index in [4.69, 9.17) is 5.73 Å². The van der Waals surface area contributed by atoms with Gasteiger partial charge in [-0.1, -0.05) is 12.1 Å². The number of hydrogen-bond acceptors (Lipinski definition) is 4. The maximum atomic E-state index is 12.0. The van der Waals surface area contributed by atoms with Gasteiger partial charge in [-0.2, -0.15) is 5.10 Å². The molecule has 1 aromatic carbocycles. The highest BCUT2D eigenvalue weighted by molar-refractivity contribution is 7.89. The van der Waals surface area contributed by atoms with Crippen LogP contribution in [0.3, 0.4) is 0 Å². The number of nitrogens with two attached hydrogens (primary N) is 1. The van der Waals surface area contributed by atoms with Crippen LogP contribution in [0.2, 0.25) is 0 Å². The molecular weight excluding hydrogens is 288 g/mol. The zero-order valence-electron chi connectivity index (χ0n) is 12.7. The van der Waals surface area contributed by atoms with Crippen LogP contribution in [-0.2, 0) is 16.6 Å². The van der Waals surface area contributed by atoms with Crippen molar-refractivity contribution < 1.29 is 8.42 Å². The van der Waals surface area contributed by atoms with E-state index in [9.17, 15) is 8.42 Å². The van der Waals surface area contributed by atoms with Crippen LogP contribution in [0.5, 0.6) is 0 Å². The molecule has 0 unspecified atom stereocenters. The molecule has 114 valence electrons. The number of aryl methyl sites for hydroxylation is 1. The third-order valence-electron chi connectivity index (χ3n) is 3.47. The molecule has 0 fully saturated rings. The Kier molecular flexibility index (Phi) is 4.06. The molecule has 21 heavy (non-hydrogen) atoms. The lowest BCUT2D eigenvalue weighted by molar-refractivity contribution is 0.520. The Bertz CT molecular complexity index is 746. The number of benzene rings is 1. The lowest BCUT2D eigenvalue weighted by Gasteiger charge is -2.12. The molecule has 7 heteroatoms. The Morgan fingerprint density at radius 3 is 2.19 bits per heavy atom. The lowest BCUT2D eigenvalue weighted by Crippen LogP contribution is -2.22. The van der Waals surface area contributed by atoms with Crippen LogP contribution < -0.4 is 5.73 Å². The van der Waals surface area contributed by atoms with E-state index < -0.39 is 10.0 Å². The minimum absolute atomic E-state index is 0.282. The van der Waals surface area contributed by atoms with Crippen molar-refractivity contribution in [2.24, 2.45) is 0 Å². The molecule has 0 aliphatic heterocycles. The Morgan fingerprint density at radius 1 is 1.19 bits per heavy atom. The minimum atomic E-state index is -3.39. The first-order valence-electron chi connectivity index (χ1n) is 6.54. The molecule has 0 saturated carbocycles. The minimum Gasteiger partial charge on any atom is -0.396 e. The van der Waals surface area contributed by atoms with Crippen LogP contribution in [-0.4, -0.2) is 36.6 Å². The summed E-state index contributed by atoms with van der Waals surface area (Å²) in [6.07, 6.45) is 0. The van der Waals surface area contributed by atoms with E-state index in [-0.39, 0.29) is 4.90 Å². The molecule has 2 aromatic rings. The Morgan fingerprint density at radius 2 is 1.76 bits per heavy atom. The van der Waals surface area contributed by atoms with Gasteiger partial charge in [-0.3, -0.25) is 4.68 Å². The summed E-state index contributed by atoms with van der Waals surface area (Å²) >= 11 is 0. The van der Waals surface area contributed by atoms with Crippen LogP contribution in [0.1, 0.15) is 17.0 Å². The average molecular weight is 308 g/mol. The summed E-state index contributed by atoms with van der Waals surface area (Å²) in [6.45, 7) is 4.35. The zero-order chi connectivity index (χ0) is 15.8. The quantitative estimate of drug-likeness (QED) is 0.925. The fourth-order valence-electron chi connectivity index (χ4n) is 2.02. The second kappa shape index (κ2) is 5.50. The zero-order valence-corrected chi connectivity index (χ0v) is 13.5. The van der Waals surface area contributed by atoms with E-state index >= 15 is 0 Å². The van der Waals surface area contributed by atoms with Crippen molar-refractivity contribution in [3.05, 3.63) is 41.2 Å². The third-order valence-corrected chi connectivity index (χ3v) is 5.30. The van der Waals surface area contributed by atoms with Crippen molar-refractivity contribution in [2.45, 2.75) is 25.3 Å². The van der Waals surface area contributed by atoms with Gasteiger partial charge in [-0.05, 0) is 31.5 Å². The van der Waals surface area contributed by atoms with Crippen molar-refractivity contribution in [3.63, 3.8) is 0 Å². The van der Waals surface area contributed by atoms with E-state index in [1.165, 1.54) is 18.4 Å². The number of nitrogens with zero attached hydrogens (tertiary/aromatic N) is 3. The van der Waals surface area contributed by atoms with Crippen molar-refractivity contribution in [1.82, 2.24) is 14.1 Å². The van der Waals surface area contributed by atoms with Gasteiger partial charge in [0.05, 0.1) is 28.5 Å². The third kappa shape index (κ3) is 2.93. The van der Waals surface area contributed by atoms with E-state index in [0.717, 1.165) is 17.0 Å². The van der Waals surface area contributed by atoms with E-state index in [1.807, 2.05) is 18.5 Å². The summed E-state index contributed by atoms with van der Waals surface area (Å²) < 4.78 is 27.0. The van der Waals surface area contributed by atoms with Gasteiger partial charge in [0.2, 0.25) is 10.0 Å². The van der Waals surface area contributed by atoms with Gasteiger partial charge >= 0.3 is 0 Å². The Balaban J connectivity index is 2.26. The van der Waals surface area contributed by atoms with Crippen molar-refractivity contribution in [2.75, 3.05) is 19.8 Å². The number of sulfonamides is 1. The van der Waals surface area contributed by atoms with Gasteiger partial charge in [0.25, 0.3) is 0 Å². The predicted molar refractivity (Wildman–Crippen MR) is 82.5 cm³/mol. The summed E-state index contributed by atoms with van der Waals surface area (Å²) in [5.74, 6) is 0. The monoisotopic (exact) mass is 308 g/mol. The molecule has 2 rings (SSSR count). The largest absolute Gasteiger partial charge is 0.396 e. The molecule has 0 bridgehead atoms. The maximum Gasteiger partial charge on any atom is 0.242 e. The number of anilines is 1. The maximum absolute atomic E-state index is 12.0. The highest BCUT2D eigenvalue weighted by atomic mass is 32.2. The first-order valence-corrected chi connectivity index (χ1v) is 7.98. The molecule has 1 aromatic heterocycles. The van der Waals surface area contributed by atoms with Crippen LogP contribution in [0, 0.1) is 13.8 Å². The fourth-order valence-corrected chi connectivity index (χ4v) is 2.92. The Hall–Kier alpha value is -1.86. The number of hydrogen-bond donors (Lipinski definition) is 1. The summed E-state index contributed by atoms with van der Waals surface area (Å²) in [5.41, 5.74) is 9.29. The van der Waals surface area contributed by atoms with Gasteiger partial charge in [0.1, 0.15) is 0 Å². The molecule has 0 atom stereocenters. The molecule has 1 heterocycles. The van der Waals surface area contributed by atoms with Crippen molar-refractivity contribution in [3.8, 4) is 0 Å². The summed E-state index contributed by atoms with van der Waals surface area (Å²) in [4.78, 5) is 0.282. The van der Waals surface area contributed by atoms with E-state index in [0.29, 0.717) is 12.2 Å². The standard InChI is InChI=1S/C14H20N4O2S/c1-10-14(15)11(2)18(16-10)9-12-5-7-13(8-6-12)21(19,20)17(3)4/h5-8H,9,15H2,1-4H3. The normalized spacial score (nSPS) is 12.0. The molecular formula is C14H20N4O2S. The van der Waals surface area contributed by atoms with Crippen LogP contribution in [0.25, 0.3) is 0 Å². The van der Waals surface area contributed by atoms with E-state index in [1.54, 1.807) is 24.3 Å². The number of rotatable bonds is 4. The lowest BCUT2D eigenvalue weighted by atomic mass is 10.2. The molecule has 0 aliphatic carbocycles. The van der Waals surface area contributed by atoms with Gasteiger partial charge in [0.15, 0.2) is 0 Å². The van der Waals surface area contributed by atoms with Crippen molar-refractivity contribution in [1.29, 1.82) is 0 Å². The number of aromatic nitrogens is 2. The smallest absolute Gasteiger partial charge is 0.242 e. The second-order valence-corrected chi connectivity index (χ2v) is 7.33. The summed E-state index contributed by atoms with van der Waals surface area (Å²) in [5, 5.41) is 4.37. The average Bonchev–Trinajstić information content (AvgIpc) is 2.67. The van der Waals surface area contributed by atoms with Crippen LogP contribution >= 0.6 is 0 Å².